The average molecular weight is 302 g/mol. The monoisotopic (exact) mass is 302 g/mol. The third kappa shape index (κ3) is 3.40. The van der Waals surface area contributed by atoms with Gasteiger partial charge in [0.05, 0.1) is 6.10 Å². The lowest BCUT2D eigenvalue weighted by Gasteiger charge is -2.18. The predicted molar refractivity (Wildman–Crippen MR) is 80.5 cm³/mol. The summed E-state index contributed by atoms with van der Waals surface area (Å²) in [5, 5.41) is 13.5. The van der Waals surface area contributed by atoms with Crippen LogP contribution in [0, 0.1) is 0 Å². The van der Waals surface area contributed by atoms with Gasteiger partial charge in [-0.15, -0.1) is 5.10 Å². The zero-order valence-corrected chi connectivity index (χ0v) is 12.3. The molecule has 1 amide bonds. The second-order valence-corrected chi connectivity index (χ2v) is 5.19. The lowest BCUT2D eigenvalue weighted by Crippen LogP contribution is -2.22. The second-order valence-electron chi connectivity index (χ2n) is 5.19. The zero-order valence-electron chi connectivity index (χ0n) is 12.3. The summed E-state index contributed by atoms with van der Waals surface area (Å²) in [5.74, 6) is -0.166. The summed E-state index contributed by atoms with van der Waals surface area (Å²) in [4.78, 5) is 14.1. The number of methoxy groups -OCH3 is 1. The first-order valence-corrected chi connectivity index (χ1v) is 7.13. The molecule has 0 saturated carbocycles. The molecule has 1 aliphatic rings. The number of nitrogens with one attached hydrogen (secondary N) is 1. The van der Waals surface area contributed by atoms with Crippen LogP contribution in [-0.2, 0) is 16.1 Å². The van der Waals surface area contributed by atoms with Gasteiger partial charge in [-0.05, 0) is 41.1 Å². The van der Waals surface area contributed by atoms with E-state index in [2.05, 4.69) is 25.7 Å². The smallest absolute Gasteiger partial charge is 0.246 e. The first-order valence-electron chi connectivity index (χ1n) is 7.13. The van der Waals surface area contributed by atoms with Gasteiger partial charge in [0.1, 0.15) is 12.9 Å². The third-order valence-electron chi connectivity index (χ3n) is 3.69. The van der Waals surface area contributed by atoms with E-state index < -0.39 is 0 Å². The van der Waals surface area contributed by atoms with E-state index in [0.717, 1.165) is 30.9 Å². The molecule has 2 aromatic rings. The summed E-state index contributed by atoms with van der Waals surface area (Å²) < 4.78 is 6.75. The van der Waals surface area contributed by atoms with Gasteiger partial charge >= 0.3 is 0 Å². The lowest BCUT2D eigenvalue weighted by molar-refractivity contribution is -0.116. The Kier molecular flexibility index (Phi) is 4.29. The van der Waals surface area contributed by atoms with Crippen molar-refractivity contribution in [2.75, 3.05) is 30.4 Å². The minimum absolute atomic E-state index is 0.0936. The van der Waals surface area contributed by atoms with Crippen LogP contribution < -0.4 is 10.2 Å². The maximum Gasteiger partial charge on any atom is 0.246 e. The first kappa shape index (κ1) is 14.5. The number of amides is 1. The molecule has 1 fully saturated rings. The number of benzene rings is 1. The van der Waals surface area contributed by atoms with Crippen LogP contribution in [-0.4, -0.2) is 52.4 Å². The normalized spacial score (nSPS) is 17.7. The molecule has 1 atom stereocenters. The molecular weight excluding hydrogens is 284 g/mol. The van der Waals surface area contributed by atoms with Gasteiger partial charge in [-0.1, -0.05) is 0 Å². The predicted octanol–water partition coefficient (Wildman–Crippen LogP) is 0.537. The van der Waals surface area contributed by atoms with Crippen molar-refractivity contribution in [3.63, 3.8) is 0 Å². The molecule has 0 bridgehead atoms. The molecule has 0 radical (unpaired) electrons. The number of carbonyl (C=O) groups is 1. The Labute approximate surface area is 128 Å². The van der Waals surface area contributed by atoms with Crippen LogP contribution in [0.2, 0.25) is 0 Å². The number of nitrogens with zero attached hydrogens (tertiary/aromatic N) is 5. The van der Waals surface area contributed by atoms with Crippen LogP contribution in [0.3, 0.4) is 0 Å². The lowest BCUT2D eigenvalue weighted by atomic mass is 10.2. The van der Waals surface area contributed by atoms with Crippen molar-refractivity contribution in [2.24, 2.45) is 0 Å². The number of hydrogen-bond acceptors (Lipinski definition) is 6. The molecule has 1 unspecified atom stereocenters. The summed E-state index contributed by atoms with van der Waals surface area (Å²) in [6.45, 7) is 1.99. The Morgan fingerprint density at radius 2 is 2.23 bits per heavy atom. The molecule has 1 saturated heterocycles. The summed E-state index contributed by atoms with van der Waals surface area (Å²) in [7, 11) is 1.75. The average Bonchev–Trinajstić information content (AvgIpc) is 3.19. The quantitative estimate of drug-likeness (QED) is 0.867. The van der Waals surface area contributed by atoms with Crippen molar-refractivity contribution in [1.82, 2.24) is 20.2 Å². The maximum atomic E-state index is 11.8. The van der Waals surface area contributed by atoms with Crippen molar-refractivity contribution in [1.29, 1.82) is 0 Å². The van der Waals surface area contributed by atoms with E-state index in [0.29, 0.717) is 6.10 Å². The van der Waals surface area contributed by atoms with Gasteiger partial charge in [-0.3, -0.25) is 4.79 Å². The van der Waals surface area contributed by atoms with E-state index in [9.17, 15) is 4.79 Å². The van der Waals surface area contributed by atoms with Crippen LogP contribution in [0.4, 0.5) is 11.4 Å². The van der Waals surface area contributed by atoms with Crippen LogP contribution in [0.1, 0.15) is 6.42 Å². The van der Waals surface area contributed by atoms with Crippen molar-refractivity contribution < 1.29 is 9.53 Å². The molecule has 1 N–H and O–H groups in total. The molecule has 1 aromatic carbocycles. The van der Waals surface area contributed by atoms with Gasteiger partial charge in [0.15, 0.2) is 0 Å². The fourth-order valence-electron chi connectivity index (χ4n) is 2.51. The van der Waals surface area contributed by atoms with Crippen LogP contribution in [0.25, 0.3) is 0 Å². The van der Waals surface area contributed by atoms with Gasteiger partial charge in [-0.2, -0.15) is 0 Å². The van der Waals surface area contributed by atoms with E-state index >= 15 is 0 Å². The van der Waals surface area contributed by atoms with Gasteiger partial charge in [-0.25, -0.2) is 4.68 Å². The highest BCUT2D eigenvalue weighted by Gasteiger charge is 2.22. The number of anilines is 2. The topological polar surface area (TPSA) is 85.2 Å². The summed E-state index contributed by atoms with van der Waals surface area (Å²) in [5.41, 5.74) is 1.89. The fourth-order valence-corrected chi connectivity index (χ4v) is 2.51. The number of tetrazole rings is 1. The van der Waals surface area contributed by atoms with Gasteiger partial charge < -0.3 is 15.0 Å². The molecule has 22 heavy (non-hydrogen) atoms. The Hall–Kier alpha value is -2.48. The number of hydrogen-bond donors (Lipinski definition) is 1. The molecule has 1 aliphatic heterocycles. The van der Waals surface area contributed by atoms with E-state index in [-0.39, 0.29) is 12.5 Å². The van der Waals surface area contributed by atoms with Gasteiger partial charge in [0.25, 0.3) is 0 Å². The minimum Gasteiger partial charge on any atom is -0.380 e. The second kappa shape index (κ2) is 6.52. The fraction of sp³-hybridized carbons (Fsp3) is 0.429. The molecule has 116 valence electrons. The summed E-state index contributed by atoms with van der Waals surface area (Å²) in [6.07, 6.45) is 2.75. The van der Waals surface area contributed by atoms with E-state index in [1.165, 1.54) is 11.0 Å². The van der Waals surface area contributed by atoms with Gasteiger partial charge in [0, 0.05) is 31.6 Å². The van der Waals surface area contributed by atoms with Crippen LogP contribution in [0.5, 0.6) is 0 Å². The van der Waals surface area contributed by atoms with Crippen LogP contribution >= 0.6 is 0 Å². The van der Waals surface area contributed by atoms with E-state index in [1.54, 1.807) is 7.11 Å². The molecule has 0 spiro atoms. The minimum atomic E-state index is -0.166. The molecule has 2 heterocycles. The number of aromatic nitrogens is 4. The molecular formula is C14H18N6O2. The van der Waals surface area contributed by atoms with E-state index in [4.69, 9.17) is 4.74 Å². The Morgan fingerprint density at radius 1 is 1.41 bits per heavy atom. The molecule has 0 aliphatic carbocycles. The molecule has 8 nitrogen and oxygen atoms in total. The number of carbonyl (C=O) groups excluding carboxylic acids is 1. The highest BCUT2D eigenvalue weighted by Crippen LogP contribution is 2.23. The number of rotatable bonds is 5. The van der Waals surface area contributed by atoms with E-state index in [1.807, 2.05) is 24.3 Å². The molecule has 1 aromatic heterocycles. The van der Waals surface area contributed by atoms with Crippen molar-refractivity contribution >= 4 is 17.3 Å². The number of ether oxygens (including phenoxy) is 1. The maximum absolute atomic E-state index is 11.8. The molecule has 3 rings (SSSR count). The third-order valence-corrected chi connectivity index (χ3v) is 3.69. The Morgan fingerprint density at radius 3 is 2.86 bits per heavy atom. The first-order chi connectivity index (χ1) is 10.7. The summed E-state index contributed by atoms with van der Waals surface area (Å²) in [6, 6.07) is 7.80. The Bertz CT molecular complexity index is 613. The largest absolute Gasteiger partial charge is 0.380 e. The summed E-state index contributed by atoms with van der Waals surface area (Å²) >= 11 is 0. The zero-order chi connectivity index (χ0) is 15.4. The van der Waals surface area contributed by atoms with Crippen molar-refractivity contribution in [3.8, 4) is 0 Å². The van der Waals surface area contributed by atoms with Crippen LogP contribution in [0.15, 0.2) is 30.6 Å². The SMILES string of the molecule is COC1CCN(c2ccc(NC(=O)Cn3cnnn3)cc2)C1. The highest BCUT2D eigenvalue weighted by molar-refractivity contribution is 5.90. The Balaban J connectivity index is 1.56. The highest BCUT2D eigenvalue weighted by atomic mass is 16.5. The standard InChI is InChI=1S/C14H18N6O2/c1-22-13-6-7-19(8-13)12-4-2-11(3-5-12)16-14(21)9-20-10-15-17-18-20/h2-5,10,13H,6-9H2,1H3,(H,16,21). The van der Waals surface area contributed by atoms with Crippen molar-refractivity contribution in [2.45, 2.75) is 19.1 Å². The molecule has 8 heteroatoms. The van der Waals surface area contributed by atoms with Gasteiger partial charge in [0.2, 0.25) is 5.91 Å². The van der Waals surface area contributed by atoms with Crippen molar-refractivity contribution in [3.05, 3.63) is 30.6 Å².